The molecule has 0 saturated carbocycles. The summed E-state index contributed by atoms with van der Waals surface area (Å²) >= 11 is 15.0. The summed E-state index contributed by atoms with van der Waals surface area (Å²) < 4.78 is 14.3. The summed E-state index contributed by atoms with van der Waals surface area (Å²) in [5.74, 6) is -0.460. The molecule has 0 aromatic heterocycles. The minimum atomic E-state index is -0.460. The van der Waals surface area contributed by atoms with Crippen LogP contribution < -0.4 is 11.1 Å². The van der Waals surface area contributed by atoms with Crippen molar-refractivity contribution in [3.63, 3.8) is 0 Å². The van der Waals surface area contributed by atoms with Gasteiger partial charge in [0.05, 0.1) is 16.1 Å². The molecular formula is C14H12BrCl2FN2. The van der Waals surface area contributed by atoms with Crippen molar-refractivity contribution in [3.8, 4) is 0 Å². The molecule has 0 aliphatic rings. The Morgan fingerprint density at radius 1 is 1.15 bits per heavy atom. The number of anilines is 1. The Hall–Kier alpha value is -0.810. The van der Waals surface area contributed by atoms with Crippen LogP contribution >= 0.6 is 39.1 Å². The van der Waals surface area contributed by atoms with Crippen LogP contribution in [-0.2, 0) is 0 Å². The van der Waals surface area contributed by atoms with Crippen molar-refractivity contribution in [2.24, 2.45) is 5.73 Å². The van der Waals surface area contributed by atoms with Gasteiger partial charge in [0, 0.05) is 16.7 Å². The Labute approximate surface area is 135 Å². The molecule has 3 N–H and O–H groups in total. The minimum Gasteiger partial charge on any atom is -0.377 e. The molecule has 0 saturated heterocycles. The van der Waals surface area contributed by atoms with Gasteiger partial charge in [0.2, 0.25) is 0 Å². The number of benzene rings is 2. The Bertz CT molecular complexity index is 622. The van der Waals surface area contributed by atoms with E-state index in [9.17, 15) is 4.39 Å². The maximum atomic E-state index is 13.5. The lowest BCUT2D eigenvalue weighted by Gasteiger charge is -2.19. The summed E-state index contributed by atoms with van der Waals surface area (Å²) in [6.45, 7) is 0.314. The van der Waals surface area contributed by atoms with E-state index in [-0.39, 0.29) is 11.1 Å². The van der Waals surface area contributed by atoms with Gasteiger partial charge < -0.3 is 11.1 Å². The SMILES string of the molecule is NCC(Nc1ccc(Br)c(Cl)c1)c1ccc(Cl)c(F)c1. The Morgan fingerprint density at radius 3 is 2.50 bits per heavy atom. The third-order valence-corrected chi connectivity index (χ3v) is 4.38. The molecule has 0 aliphatic carbocycles. The standard InChI is InChI=1S/C14H12BrCl2FN2/c15-10-3-2-9(6-12(10)17)20-14(7-19)8-1-4-11(16)13(18)5-8/h1-6,14,20H,7,19H2. The fourth-order valence-electron chi connectivity index (χ4n) is 1.79. The second-order valence-electron chi connectivity index (χ2n) is 4.24. The molecule has 106 valence electrons. The zero-order valence-electron chi connectivity index (χ0n) is 10.3. The quantitative estimate of drug-likeness (QED) is 0.786. The van der Waals surface area contributed by atoms with E-state index in [4.69, 9.17) is 28.9 Å². The van der Waals surface area contributed by atoms with Crippen molar-refractivity contribution in [2.45, 2.75) is 6.04 Å². The Kier molecular flexibility index (Phi) is 5.27. The molecule has 20 heavy (non-hydrogen) atoms. The topological polar surface area (TPSA) is 38.0 Å². The summed E-state index contributed by atoms with van der Waals surface area (Å²) in [4.78, 5) is 0. The molecule has 0 aliphatic heterocycles. The molecule has 2 nitrogen and oxygen atoms in total. The molecule has 0 radical (unpaired) electrons. The lowest BCUT2D eigenvalue weighted by molar-refractivity contribution is 0.623. The number of halogens is 4. The summed E-state index contributed by atoms with van der Waals surface area (Å²) in [6, 6.07) is 9.90. The van der Waals surface area contributed by atoms with Gasteiger partial charge in [-0.05, 0) is 51.8 Å². The largest absolute Gasteiger partial charge is 0.377 e. The summed E-state index contributed by atoms with van der Waals surface area (Å²) in [7, 11) is 0. The summed E-state index contributed by atoms with van der Waals surface area (Å²) in [6.07, 6.45) is 0. The molecule has 2 rings (SSSR count). The van der Waals surface area contributed by atoms with E-state index in [0.29, 0.717) is 11.6 Å². The van der Waals surface area contributed by atoms with Gasteiger partial charge in [-0.15, -0.1) is 0 Å². The fourth-order valence-corrected chi connectivity index (χ4v) is 2.34. The van der Waals surface area contributed by atoms with Crippen LogP contribution in [0.5, 0.6) is 0 Å². The number of nitrogens with one attached hydrogen (secondary N) is 1. The van der Waals surface area contributed by atoms with Gasteiger partial charge in [-0.1, -0.05) is 29.3 Å². The molecule has 0 fully saturated rings. The highest BCUT2D eigenvalue weighted by Gasteiger charge is 2.12. The second kappa shape index (κ2) is 6.76. The van der Waals surface area contributed by atoms with Crippen LogP contribution in [-0.4, -0.2) is 6.54 Å². The summed E-state index contributed by atoms with van der Waals surface area (Å²) in [5, 5.41) is 3.90. The first kappa shape index (κ1) is 15.6. The van der Waals surface area contributed by atoms with Crippen molar-refractivity contribution in [3.05, 3.63) is 62.3 Å². The predicted molar refractivity (Wildman–Crippen MR) is 86.0 cm³/mol. The van der Waals surface area contributed by atoms with Crippen LogP contribution in [0.15, 0.2) is 40.9 Å². The smallest absolute Gasteiger partial charge is 0.142 e. The zero-order chi connectivity index (χ0) is 14.7. The van der Waals surface area contributed by atoms with Gasteiger partial charge in [0.1, 0.15) is 5.82 Å². The zero-order valence-corrected chi connectivity index (χ0v) is 13.4. The van der Waals surface area contributed by atoms with E-state index in [2.05, 4.69) is 21.2 Å². The van der Waals surface area contributed by atoms with Crippen LogP contribution in [0.4, 0.5) is 10.1 Å². The van der Waals surface area contributed by atoms with Crippen molar-refractivity contribution in [1.29, 1.82) is 0 Å². The van der Waals surface area contributed by atoms with Crippen molar-refractivity contribution < 1.29 is 4.39 Å². The van der Waals surface area contributed by atoms with E-state index >= 15 is 0 Å². The third kappa shape index (κ3) is 3.64. The predicted octanol–water partition coefficient (Wildman–Crippen LogP) is 5.01. The van der Waals surface area contributed by atoms with Crippen molar-refractivity contribution >= 4 is 44.8 Å². The Morgan fingerprint density at radius 2 is 1.90 bits per heavy atom. The van der Waals surface area contributed by atoms with Gasteiger partial charge >= 0.3 is 0 Å². The van der Waals surface area contributed by atoms with Crippen LogP contribution in [0.3, 0.4) is 0 Å². The molecule has 2 aromatic rings. The number of rotatable bonds is 4. The van der Waals surface area contributed by atoms with Crippen molar-refractivity contribution in [2.75, 3.05) is 11.9 Å². The lowest BCUT2D eigenvalue weighted by Crippen LogP contribution is -2.20. The van der Waals surface area contributed by atoms with Crippen LogP contribution in [0.1, 0.15) is 11.6 Å². The molecule has 6 heteroatoms. The normalized spacial score (nSPS) is 12.2. The molecule has 0 amide bonds. The maximum Gasteiger partial charge on any atom is 0.142 e. The van der Waals surface area contributed by atoms with E-state index in [0.717, 1.165) is 15.7 Å². The van der Waals surface area contributed by atoms with Crippen LogP contribution in [0.2, 0.25) is 10.0 Å². The fraction of sp³-hybridized carbons (Fsp3) is 0.143. The Balaban J connectivity index is 2.23. The van der Waals surface area contributed by atoms with Crippen LogP contribution in [0, 0.1) is 5.82 Å². The highest BCUT2D eigenvalue weighted by Crippen LogP contribution is 2.28. The van der Waals surface area contributed by atoms with E-state index < -0.39 is 5.82 Å². The monoisotopic (exact) mass is 376 g/mol. The average Bonchev–Trinajstić information content (AvgIpc) is 2.43. The number of hydrogen-bond donors (Lipinski definition) is 2. The van der Waals surface area contributed by atoms with Crippen molar-refractivity contribution in [1.82, 2.24) is 0 Å². The average molecular weight is 378 g/mol. The first-order chi connectivity index (χ1) is 9.51. The maximum absolute atomic E-state index is 13.5. The third-order valence-electron chi connectivity index (χ3n) is 2.84. The van der Waals surface area contributed by atoms with Gasteiger partial charge in [-0.2, -0.15) is 0 Å². The van der Waals surface area contributed by atoms with Gasteiger partial charge in [-0.3, -0.25) is 0 Å². The van der Waals surface area contributed by atoms with Crippen LogP contribution in [0.25, 0.3) is 0 Å². The van der Waals surface area contributed by atoms with E-state index in [1.54, 1.807) is 12.1 Å². The van der Waals surface area contributed by atoms with Gasteiger partial charge in [0.25, 0.3) is 0 Å². The number of nitrogens with two attached hydrogens (primary N) is 1. The first-order valence-corrected chi connectivity index (χ1v) is 7.42. The molecule has 1 atom stereocenters. The minimum absolute atomic E-state index is 0.0937. The second-order valence-corrected chi connectivity index (χ2v) is 5.90. The molecule has 0 heterocycles. The number of hydrogen-bond acceptors (Lipinski definition) is 2. The molecule has 1 unspecified atom stereocenters. The molecule has 0 bridgehead atoms. The highest BCUT2D eigenvalue weighted by molar-refractivity contribution is 9.10. The van der Waals surface area contributed by atoms with Gasteiger partial charge in [-0.25, -0.2) is 4.39 Å². The first-order valence-electron chi connectivity index (χ1n) is 5.88. The molecule has 0 spiro atoms. The summed E-state index contributed by atoms with van der Waals surface area (Å²) in [5.41, 5.74) is 7.29. The van der Waals surface area contributed by atoms with Gasteiger partial charge in [0.15, 0.2) is 0 Å². The van der Waals surface area contributed by atoms with E-state index in [1.165, 1.54) is 12.1 Å². The molecular weight excluding hydrogens is 366 g/mol. The lowest BCUT2D eigenvalue weighted by atomic mass is 10.1. The van der Waals surface area contributed by atoms with E-state index in [1.807, 2.05) is 12.1 Å². The highest BCUT2D eigenvalue weighted by atomic mass is 79.9. The molecule has 2 aromatic carbocycles.